The topological polar surface area (TPSA) is 55.1 Å². The van der Waals surface area contributed by atoms with Gasteiger partial charge in [0.1, 0.15) is 0 Å². The average Bonchev–Trinajstić information content (AvgIpc) is 2.26. The Bertz CT molecular complexity index is 382. The van der Waals surface area contributed by atoms with Gasteiger partial charge in [0, 0.05) is 29.2 Å². The highest BCUT2D eigenvalue weighted by molar-refractivity contribution is 7.99. The van der Waals surface area contributed by atoms with Gasteiger partial charge in [-0.25, -0.2) is 0 Å². The molecule has 4 heteroatoms. The van der Waals surface area contributed by atoms with Crippen LogP contribution in [-0.4, -0.2) is 17.2 Å². The van der Waals surface area contributed by atoms with E-state index in [0.29, 0.717) is 6.42 Å². The van der Waals surface area contributed by atoms with E-state index in [9.17, 15) is 4.79 Å². The van der Waals surface area contributed by atoms with Crippen molar-refractivity contribution in [1.29, 1.82) is 0 Å². The van der Waals surface area contributed by atoms with Gasteiger partial charge in [-0.3, -0.25) is 4.79 Å². The fourth-order valence-corrected chi connectivity index (χ4v) is 2.21. The minimum absolute atomic E-state index is 0.134. The van der Waals surface area contributed by atoms with Crippen molar-refractivity contribution in [2.75, 3.05) is 5.75 Å². The Morgan fingerprint density at radius 1 is 1.28 bits per heavy atom. The van der Waals surface area contributed by atoms with Gasteiger partial charge in [-0.2, -0.15) is 0 Å². The molecule has 0 atom stereocenters. The summed E-state index contributed by atoms with van der Waals surface area (Å²) in [5.41, 5.74) is 6.50. The number of rotatable bonds is 6. The molecule has 1 rings (SSSR count). The van der Waals surface area contributed by atoms with E-state index in [1.54, 1.807) is 11.8 Å². The largest absolute Gasteiger partial charge is 0.370 e. The summed E-state index contributed by atoms with van der Waals surface area (Å²) in [6.07, 6.45) is 0.429. The van der Waals surface area contributed by atoms with E-state index in [-0.39, 0.29) is 11.4 Å². The number of carbonyl (C=O) groups excluding carboxylic acids is 1. The molecule has 0 heterocycles. The maximum atomic E-state index is 10.6. The molecule has 100 valence electrons. The van der Waals surface area contributed by atoms with Crippen LogP contribution in [0.25, 0.3) is 0 Å². The summed E-state index contributed by atoms with van der Waals surface area (Å²) < 4.78 is 0. The fraction of sp³-hybridized carbons (Fsp3) is 0.500. The van der Waals surface area contributed by atoms with Crippen molar-refractivity contribution in [2.45, 2.75) is 44.2 Å². The Morgan fingerprint density at radius 2 is 1.89 bits per heavy atom. The summed E-state index contributed by atoms with van der Waals surface area (Å²) in [6, 6.07) is 8.41. The van der Waals surface area contributed by atoms with Crippen LogP contribution in [0.1, 0.15) is 32.8 Å². The smallest absolute Gasteiger partial charge is 0.218 e. The summed E-state index contributed by atoms with van der Waals surface area (Å²) in [7, 11) is 0. The number of benzene rings is 1. The van der Waals surface area contributed by atoms with Crippen LogP contribution in [0.15, 0.2) is 29.2 Å². The normalized spacial score (nSPS) is 11.5. The lowest BCUT2D eigenvalue weighted by molar-refractivity contribution is -0.117. The van der Waals surface area contributed by atoms with Gasteiger partial charge in [0.05, 0.1) is 0 Å². The van der Waals surface area contributed by atoms with E-state index in [2.05, 4.69) is 50.4 Å². The third kappa shape index (κ3) is 6.67. The van der Waals surface area contributed by atoms with Crippen molar-refractivity contribution < 1.29 is 4.79 Å². The number of amides is 1. The highest BCUT2D eigenvalue weighted by Crippen LogP contribution is 2.19. The van der Waals surface area contributed by atoms with E-state index in [1.807, 2.05) is 0 Å². The SMILES string of the molecule is CC(C)(C)NCc1ccc(SCCC(N)=O)cc1. The molecule has 18 heavy (non-hydrogen) atoms. The quantitative estimate of drug-likeness (QED) is 0.778. The zero-order chi connectivity index (χ0) is 13.6. The highest BCUT2D eigenvalue weighted by Gasteiger charge is 2.08. The summed E-state index contributed by atoms with van der Waals surface area (Å²) in [4.78, 5) is 11.8. The van der Waals surface area contributed by atoms with Crippen molar-refractivity contribution in [3.63, 3.8) is 0 Å². The molecule has 0 spiro atoms. The lowest BCUT2D eigenvalue weighted by Gasteiger charge is -2.20. The van der Waals surface area contributed by atoms with Crippen molar-refractivity contribution in [2.24, 2.45) is 5.73 Å². The van der Waals surface area contributed by atoms with Crippen molar-refractivity contribution in [3.05, 3.63) is 29.8 Å². The maximum Gasteiger partial charge on any atom is 0.218 e. The van der Waals surface area contributed by atoms with E-state index in [1.165, 1.54) is 10.5 Å². The van der Waals surface area contributed by atoms with Gasteiger partial charge in [-0.15, -0.1) is 11.8 Å². The van der Waals surface area contributed by atoms with Gasteiger partial charge in [-0.05, 0) is 38.5 Å². The molecule has 0 aliphatic heterocycles. The number of primary amides is 1. The third-order valence-corrected chi connectivity index (χ3v) is 3.38. The van der Waals surface area contributed by atoms with Crippen molar-refractivity contribution >= 4 is 17.7 Å². The molecule has 0 saturated heterocycles. The Balaban J connectivity index is 2.40. The molecular formula is C14H22N2OS. The second kappa shape index (κ2) is 6.81. The molecule has 1 aromatic rings. The number of nitrogens with two attached hydrogens (primary N) is 1. The Labute approximate surface area is 114 Å². The van der Waals surface area contributed by atoms with Gasteiger partial charge in [-0.1, -0.05) is 12.1 Å². The first-order chi connectivity index (χ1) is 8.37. The van der Waals surface area contributed by atoms with Crippen LogP contribution in [0.4, 0.5) is 0 Å². The van der Waals surface area contributed by atoms with Crippen molar-refractivity contribution in [3.8, 4) is 0 Å². The monoisotopic (exact) mass is 266 g/mol. The molecule has 1 amide bonds. The van der Waals surface area contributed by atoms with Crippen LogP contribution in [0.3, 0.4) is 0 Å². The van der Waals surface area contributed by atoms with Gasteiger partial charge < -0.3 is 11.1 Å². The highest BCUT2D eigenvalue weighted by atomic mass is 32.2. The first-order valence-electron chi connectivity index (χ1n) is 6.12. The summed E-state index contributed by atoms with van der Waals surface area (Å²) in [5, 5.41) is 3.45. The summed E-state index contributed by atoms with van der Waals surface area (Å²) in [5.74, 6) is 0.503. The molecule has 3 N–H and O–H groups in total. The van der Waals surface area contributed by atoms with Gasteiger partial charge in [0.2, 0.25) is 5.91 Å². The zero-order valence-corrected chi connectivity index (χ0v) is 12.1. The fourth-order valence-electron chi connectivity index (χ4n) is 1.34. The lowest BCUT2D eigenvalue weighted by Crippen LogP contribution is -2.35. The van der Waals surface area contributed by atoms with Crippen LogP contribution < -0.4 is 11.1 Å². The number of nitrogens with one attached hydrogen (secondary N) is 1. The van der Waals surface area contributed by atoms with Crippen LogP contribution in [0, 0.1) is 0 Å². The molecule has 0 saturated carbocycles. The number of carbonyl (C=O) groups is 1. The summed E-state index contributed by atoms with van der Waals surface area (Å²) >= 11 is 1.66. The minimum Gasteiger partial charge on any atom is -0.370 e. The molecule has 0 unspecified atom stereocenters. The Morgan fingerprint density at radius 3 is 2.39 bits per heavy atom. The predicted molar refractivity (Wildman–Crippen MR) is 77.6 cm³/mol. The van der Waals surface area contributed by atoms with E-state index in [4.69, 9.17) is 5.73 Å². The standard InChI is InChI=1S/C14H22N2OS/c1-14(2,3)16-10-11-4-6-12(7-5-11)18-9-8-13(15)17/h4-7,16H,8-10H2,1-3H3,(H2,15,17). The molecule has 0 fully saturated rings. The number of hydrogen-bond donors (Lipinski definition) is 2. The second-order valence-corrected chi connectivity index (χ2v) is 6.48. The zero-order valence-electron chi connectivity index (χ0n) is 11.3. The van der Waals surface area contributed by atoms with Crippen LogP contribution in [0.5, 0.6) is 0 Å². The van der Waals surface area contributed by atoms with Crippen molar-refractivity contribution in [1.82, 2.24) is 5.32 Å². The van der Waals surface area contributed by atoms with E-state index >= 15 is 0 Å². The molecular weight excluding hydrogens is 244 g/mol. The summed E-state index contributed by atoms with van der Waals surface area (Å²) in [6.45, 7) is 7.33. The first-order valence-corrected chi connectivity index (χ1v) is 7.10. The molecule has 0 bridgehead atoms. The molecule has 0 radical (unpaired) electrons. The van der Waals surface area contributed by atoms with Gasteiger partial charge >= 0.3 is 0 Å². The van der Waals surface area contributed by atoms with Gasteiger partial charge in [0.15, 0.2) is 0 Å². The average molecular weight is 266 g/mol. The molecule has 0 aliphatic rings. The lowest BCUT2D eigenvalue weighted by atomic mass is 10.1. The van der Waals surface area contributed by atoms with Crippen LogP contribution in [-0.2, 0) is 11.3 Å². The Hall–Kier alpha value is -1.00. The second-order valence-electron chi connectivity index (χ2n) is 5.31. The molecule has 3 nitrogen and oxygen atoms in total. The molecule has 0 aliphatic carbocycles. The van der Waals surface area contributed by atoms with Crippen LogP contribution >= 0.6 is 11.8 Å². The minimum atomic E-state index is -0.242. The number of thioether (sulfide) groups is 1. The van der Waals surface area contributed by atoms with E-state index < -0.39 is 0 Å². The van der Waals surface area contributed by atoms with Crippen LogP contribution in [0.2, 0.25) is 0 Å². The van der Waals surface area contributed by atoms with Gasteiger partial charge in [0.25, 0.3) is 0 Å². The number of hydrogen-bond acceptors (Lipinski definition) is 3. The van der Waals surface area contributed by atoms with E-state index in [0.717, 1.165) is 12.3 Å². The third-order valence-electron chi connectivity index (χ3n) is 2.36. The Kier molecular flexibility index (Phi) is 5.69. The maximum absolute atomic E-state index is 10.6. The molecule has 0 aromatic heterocycles. The predicted octanol–water partition coefficient (Wildman–Crippen LogP) is 2.54. The molecule has 1 aromatic carbocycles. The first kappa shape index (κ1) is 15.1.